The molecule has 0 radical (unpaired) electrons. The average Bonchev–Trinajstić information content (AvgIpc) is 3.20. The van der Waals surface area contributed by atoms with Crippen molar-refractivity contribution in [2.75, 3.05) is 17.7 Å². The monoisotopic (exact) mass is 535 g/mol. The van der Waals surface area contributed by atoms with E-state index in [1.165, 1.54) is 30.0 Å². The van der Waals surface area contributed by atoms with Crippen LogP contribution >= 0.6 is 35.0 Å². The van der Waals surface area contributed by atoms with Crippen molar-refractivity contribution in [3.63, 3.8) is 0 Å². The van der Waals surface area contributed by atoms with E-state index in [1.54, 1.807) is 49.7 Å². The molecule has 0 spiro atoms. The number of carbonyl (C=O) groups is 3. The summed E-state index contributed by atoms with van der Waals surface area (Å²) in [6.07, 6.45) is 0. The highest BCUT2D eigenvalue weighted by Crippen LogP contribution is 2.25. The van der Waals surface area contributed by atoms with E-state index < -0.39 is 12.0 Å². The molecular weight excluding hydrogens is 513 g/mol. The van der Waals surface area contributed by atoms with Crippen LogP contribution < -0.4 is 10.6 Å². The van der Waals surface area contributed by atoms with E-state index in [0.29, 0.717) is 32.3 Å². The number of thioether (sulfide) groups is 1. The number of nitrogens with zero attached hydrogens (tertiary/aromatic N) is 3. The fourth-order valence-corrected chi connectivity index (χ4v) is 4.06. The summed E-state index contributed by atoms with van der Waals surface area (Å²) in [5, 5.41) is 15.2. The Hall–Kier alpha value is -3.08. The van der Waals surface area contributed by atoms with Gasteiger partial charge in [0.15, 0.2) is 11.0 Å². The summed E-state index contributed by atoms with van der Waals surface area (Å²) in [4.78, 5) is 36.9. The Morgan fingerprint density at radius 2 is 1.77 bits per heavy atom. The zero-order chi connectivity index (χ0) is 25.5. The number of aromatic nitrogens is 3. The Bertz CT molecular complexity index is 1230. The van der Waals surface area contributed by atoms with Gasteiger partial charge in [0.05, 0.1) is 34.7 Å². The summed E-state index contributed by atoms with van der Waals surface area (Å²) < 4.78 is 6.68. The summed E-state index contributed by atoms with van der Waals surface area (Å²) in [7, 11) is 1.75. The van der Waals surface area contributed by atoms with E-state index >= 15 is 0 Å². The number of esters is 1. The molecule has 3 aromatic rings. The van der Waals surface area contributed by atoms with Gasteiger partial charge in [0, 0.05) is 17.6 Å². The molecule has 0 bridgehead atoms. The summed E-state index contributed by atoms with van der Waals surface area (Å²) in [6.45, 7) is 3.74. The number of benzene rings is 2. The van der Waals surface area contributed by atoms with Crippen LogP contribution in [0, 0.1) is 0 Å². The van der Waals surface area contributed by atoms with Crippen LogP contribution in [0.5, 0.6) is 0 Å². The first-order valence-electron chi connectivity index (χ1n) is 10.5. The molecule has 9 nitrogen and oxygen atoms in total. The van der Waals surface area contributed by atoms with Gasteiger partial charge in [-0.1, -0.05) is 35.0 Å². The van der Waals surface area contributed by atoms with Crippen LogP contribution in [0.15, 0.2) is 47.6 Å². The Balaban J connectivity index is 1.59. The molecule has 2 aromatic carbocycles. The molecule has 184 valence electrons. The summed E-state index contributed by atoms with van der Waals surface area (Å²) >= 11 is 13.2. The Kier molecular flexibility index (Phi) is 9.13. The van der Waals surface area contributed by atoms with Crippen molar-refractivity contribution in [2.45, 2.75) is 25.0 Å². The molecule has 0 saturated heterocycles. The number of nitrogens with one attached hydrogen (secondary N) is 2. The lowest BCUT2D eigenvalue weighted by Gasteiger charge is -2.14. The van der Waals surface area contributed by atoms with Crippen molar-refractivity contribution in [1.29, 1.82) is 0 Å². The van der Waals surface area contributed by atoms with Crippen LogP contribution in [-0.4, -0.2) is 44.9 Å². The predicted octanol–water partition coefficient (Wildman–Crippen LogP) is 4.52. The molecule has 35 heavy (non-hydrogen) atoms. The number of rotatable bonds is 9. The van der Waals surface area contributed by atoms with Gasteiger partial charge in [-0.25, -0.2) is 4.79 Å². The van der Waals surface area contributed by atoms with Crippen molar-refractivity contribution in [3.05, 3.63) is 69.5 Å². The number of hydrogen-bond acceptors (Lipinski definition) is 7. The lowest BCUT2D eigenvalue weighted by molar-refractivity contribution is -0.113. The van der Waals surface area contributed by atoms with E-state index in [2.05, 4.69) is 20.8 Å². The maximum absolute atomic E-state index is 12.5. The van der Waals surface area contributed by atoms with Crippen molar-refractivity contribution in [1.82, 2.24) is 20.1 Å². The molecule has 1 atom stereocenters. The van der Waals surface area contributed by atoms with Gasteiger partial charge < -0.3 is 19.9 Å². The molecule has 0 aliphatic heterocycles. The van der Waals surface area contributed by atoms with Crippen LogP contribution in [0.1, 0.15) is 46.4 Å². The molecule has 2 N–H and O–H groups in total. The van der Waals surface area contributed by atoms with Crippen LogP contribution in [-0.2, 0) is 16.6 Å². The smallest absolute Gasteiger partial charge is 0.338 e. The minimum atomic E-state index is -0.502. The standard InChI is InChI=1S/C23H23Cl2N5O4S/c1-4-34-22(33)15-7-10-17(25)18(11-15)27-19(31)12-35-23-29-28-20(30(23)3)13(2)26-21(32)14-5-8-16(24)9-6-14/h5-11,13H,4,12H2,1-3H3,(H,26,32)(H,27,31). The molecule has 1 heterocycles. The van der Waals surface area contributed by atoms with Crippen molar-refractivity contribution in [2.24, 2.45) is 7.05 Å². The second kappa shape index (κ2) is 12.1. The van der Waals surface area contributed by atoms with Crippen LogP contribution in [0.3, 0.4) is 0 Å². The second-order valence-electron chi connectivity index (χ2n) is 7.35. The maximum atomic E-state index is 12.5. The van der Waals surface area contributed by atoms with Crippen LogP contribution in [0.25, 0.3) is 0 Å². The summed E-state index contributed by atoms with van der Waals surface area (Å²) in [6, 6.07) is 10.6. The SMILES string of the molecule is CCOC(=O)c1ccc(Cl)c(NC(=O)CSc2nnc(C(C)NC(=O)c3ccc(Cl)cc3)n2C)c1. The summed E-state index contributed by atoms with van der Waals surface area (Å²) in [5.41, 5.74) is 1.06. The molecule has 1 unspecified atom stereocenters. The zero-order valence-electron chi connectivity index (χ0n) is 19.2. The van der Waals surface area contributed by atoms with E-state index in [0.717, 1.165) is 0 Å². The van der Waals surface area contributed by atoms with Gasteiger partial charge in [0.25, 0.3) is 5.91 Å². The predicted molar refractivity (Wildman–Crippen MR) is 135 cm³/mol. The van der Waals surface area contributed by atoms with Gasteiger partial charge >= 0.3 is 5.97 Å². The quantitative estimate of drug-likeness (QED) is 0.305. The number of carbonyl (C=O) groups excluding carboxylic acids is 3. The van der Waals surface area contributed by atoms with Gasteiger partial charge in [-0.15, -0.1) is 10.2 Å². The van der Waals surface area contributed by atoms with Gasteiger partial charge in [-0.3, -0.25) is 9.59 Å². The van der Waals surface area contributed by atoms with Gasteiger partial charge in [-0.05, 0) is 56.3 Å². The molecule has 1 aromatic heterocycles. The highest BCUT2D eigenvalue weighted by Gasteiger charge is 2.19. The zero-order valence-corrected chi connectivity index (χ0v) is 21.5. The topological polar surface area (TPSA) is 115 Å². The van der Waals surface area contributed by atoms with Crippen molar-refractivity contribution < 1.29 is 19.1 Å². The Morgan fingerprint density at radius 3 is 2.46 bits per heavy atom. The molecule has 12 heteroatoms. The van der Waals surface area contributed by atoms with Crippen molar-refractivity contribution in [3.8, 4) is 0 Å². The Labute approximate surface area is 216 Å². The average molecular weight is 536 g/mol. The lowest BCUT2D eigenvalue weighted by atomic mass is 10.2. The van der Waals surface area contributed by atoms with Crippen LogP contribution in [0.2, 0.25) is 10.0 Å². The third-order valence-corrected chi connectivity index (χ3v) is 6.40. The first-order chi connectivity index (χ1) is 16.7. The second-order valence-corrected chi connectivity index (χ2v) is 9.14. The molecule has 0 aliphatic carbocycles. The number of ether oxygens (including phenoxy) is 1. The minimum Gasteiger partial charge on any atom is -0.462 e. The molecule has 2 amide bonds. The van der Waals surface area contributed by atoms with E-state index in [9.17, 15) is 14.4 Å². The fraction of sp³-hybridized carbons (Fsp3) is 0.261. The third-order valence-electron chi connectivity index (χ3n) is 4.79. The minimum absolute atomic E-state index is 0.0252. The summed E-state index contributed by atoms with van der Waals surface area (Å²) in [5.74, 6) is -0.560. The molecule has 3 rings (SSSR count). The van der Waals surface area contributed by atoms with Crippen molar-refractivity contribution >= 4 is 58.4 Å². The molecule has 0 aliphatic rings. The normalized spacial score (nSPS) is 11.6. The van der Waals surface area contributed by atoms with Gasteiger partial charge in [0.1, 0.15) is 0 Å². The molecule has 0 saturated carbocycles. The lowest BCUT2D eigenvalue weighted by Crippen LogP contribution is -2.28. The van der Waals surface area contributed by atoms with Crippen LogP contribution in [0.4, 0.5) is 5.69 Å². The Morgan fingerprint density at radius 1 is 1.09 bits per heavy atom. The van der Waals surface area contributed by atoms with Gasteiger partial charge in [-0.2, -0.15) is 0 Å². The van der Waals surface area contributed by atoms with Gasteiger partial charge in [0.2, 0.25) is 5.91 Å². The number of halogens is 2. The van der Waals surface area contributed by atoms with E-state index in [1.807, 2.05) is 0 Å². The number of amides is 2. The molecular formula is C23H23Cl2N5O4S. The first kappa shape index (κ1) is 26.5. The largest absolute Gasteiger partial charge is 0.462 e. The highest BCUT2D eigenvalue weighted by molar-refractivity contribution is 7.99. The maximum Gasteiger partial charge on any atom is 0.338 e. The third kappa shape index (κ3) is 6.97. The fourth-order valence-electron chi connectivity index (χ4n) is 3.05. The first-order valence-corrected chi connectivity index (χ1v) is 12.3. The van der Waals surface area contributed by atoms with E-state index in [-0.39, 0.29) is 29.7 Å². The number of hydrogen-bond donors (Lipinski definition) is 2. The molecule has 0 fully saturated rings. The highest BCUT2D eigenvalue weighted by atomic mass is 35.5. The number of anilines is 1. The van der Waals surface area contributed by atoms with E-state index in [4.69, 9.17) is 27.9 Å².